The first-order chi connectivity index (χ1) is 35.7. The molecule has 0 saturated heterocycles. The van der Waals surface area contributed by atoms with E-state index in [1.54, 1.807) is 12.7 Å². The molecule has 14 rings (SSSR count). The molecule has 0 aliphatic heterocycles. The van der Waals surface area contributed by atoms with E-state index in [0.717, 1.165) is 45.1 Å². The molecule has 1 aliphatic carbocycles. The summed E-state index contributed by atoms with van der Waals surface area (Å²) in [7, 11) is 0. The molecule has 0 saturated carbocycles. The first-order valence-corrected chi connectivity index (χ1v) is 24.4. The number of benzene rings is 10. The van der Waals surface area contributed by atoms with E-state index in [1.165, 1.54) is 66.1 Å². The summed E-state index contributed by atoms with van der Waals surface area (Å²) in [5, 5.41) is 3.64. The highest BCUT2D eigenvalue weighted by Crippen LogP contribution is 2.57. The van der Waals surface area contributed by atoms with E-state index in [9.17, 15) is 0 Å². The van der Waals surface area contributed by atoms with Crippen LogP contribution in [0.25, 0.3) is 77.7 Å². The predicted molar refractivity (Wildman–Crippen MR) is 294 cm³/mol. The maximum absolute atomic E-state index is 4.45. The Bertz CT molecular complexity index is 4070. The van der Waals surface area contributed by atoms with Crippen molar-refractivity contribution >= 4 is 49.8 Å². The van der Waals surface area contributed by atoms with Gasteiger partial charge in [-0.3, -0.25) is 0 Å². The first kappa shape index (κ1) is 41.3. The molecule has 1 aliphatic rings. The molecule has 3 heterocycles. The number of aromatic nitrogens is 5. The van der Waals surface area contributed by atoms with Crippen LogP contribution in [-0.4, -0.2) is 24.1 Å². The van der Waals surface area contributed by atoms with Crippen molar-refractivity contribution in [2.75, 3.05) is 4.90 Å². The van der Waals surface area contributed by atoms with Gasteiger partial charge in [-0.05, 0) is 148 Å². The van der Waals surface area contributed by atoms with E-state index in [1.807, 2.05) is 0 Å². The number of rotatable bonds is 9. The fourth-order valence-corrected chi connectivity index (χ4v) is 11.5. The smallest absolute Gasteiger partial charge is 0.162 e. The molecule has 0 atom stereocenters. The van der Waals surface area contributed by atoms with Gasteiger partial charge in [-0.15, -0.1) is 0 Å². The van der Waals surface area contributed by atoms with Crippen LogP contribution < -0.4 is 4.90 Å². The number of hydrogen-bond acceptors (Lipinski definition) is 4. The monoisotopic (exact) mass is 920 g/mol. The summed E-state index contributed by atoms with van der Waals surface area (Å²) < 4.78 is 4.69. The van der Waals surface area contributed by atoms with Gasteiger partial charge in [-0.2, -0.15) is 0 Å². The van der Waals surface area contributed by atoms with Gasteiger partial charge in [0.15, 0.2) is 5.82 Å². The van der Waals surface area contributed by atoms with Crippen molar-refractivity contribution in [3.05, 3.63) is 290 Å². The molecule has 13 aromatic rings. The average molecular weight is 921 g/mol. The largest absolute Gasteiger partial charge is 0.316 e. The second-order valence-electron chi connectivity index (χ2n) is 18.5. The summed E-state index contributed by atoms with van der Waals surface area (Å²) >= 11 is 0. The van der Waals surface area contributed by atoms with Gasteiger partial charge in [0.05, 0.1) is 22.0 Å². The molecule has 0 unspecified atom stereocenters. The zero-order valence-corrected chi connectivity index (χ0v) is 39.1. The first-order valence-electron chi connectivity index (χ1n) is 24.4. The molecule has 0 N–H and O–H groups in total. The molecule has 0 amide bonds. The highest BCUT2D eigenvalue weighted by molar-refractivity contribution is 6.14. The molecular formula is C66H44N6. The van der Waals surface area contributed by atoms with Crippen LogP contribution in [0.3, 0.4) is 0 Å². The van der Waals surface area contributed by atoms with Gasteiger partial charge in [0.2, 0.25) is 0 Å². The highest BCUT2D eigenvalue weighted by atomic mass is 15.1. The summed E-state index contributed by atoms with van der Waals surface area (Å²) in [4.78, 5) is 15.3. The van der Waals surface area contributed by atoms with Gasteiger partial charge in [0, 0.05) is 56.4 Å². The maximum Gasteiger partial charge on any atom is 0.162 e. The van der Waals surface area contributed by atoms with Crippen molar-refractivity contribution in [1.82, 2.24) is 24.1 Å². The lowest BCUT2D eigenvalue weighted by Crippen LogP contribution is -2.28. The van der Waals surface area contributed by atoms with Crippen molar-refractivity contribution in [3.8, 4) is 45.0 Å². The Morgan fingerprint density at radius 3 is 1.61 bits per heavy atom. The Balaban J connectivity index is 0.918. The third-order valence-electron chi connectivity index (χ3n) is 14.7. The molecule has 3 aromatic heterocycles. The van der Waals surface area contributed by atoms with Gasteiger partial charge < -0.3 is 14.0 Å². The molecule has 6 nitrogen and oxygen atoms in total. The molecule has 10 aromatic carbocycles. The van der Waals surface area contributed by atoms with Crippen LogP contribution in [0.2, 0.25) is 0 Å². The van der Waals surface area contributed by atoms with E-state index >= 15 is 0 Å². The summed E-state index contributed by atoms with van der Waals surface area (Å²) in [5.41, 5.74) is 19.1. The lowest BCUT2D eigenvalue weighted by Gasteiger charge is -2.35. The minimum Gasteiger partial charge on any atom is -0.316 e. The van der Waals surface area contributed by atoms with Gasteiger partial charge in [0.25, 0.3) is 0 Å². The zero-order valence-electron chi connectivity index (χ0n) is 39.1. The zero-order chi connectivity index (χ0) is 47.6. The fourth-order valence-electron chi connectivity index (χ4n) is 11.5. The minimum atomic E-state index is -0.539. The Hall–Kier alpha value is -9.65. The number of hydrogen-bond donors (Lipinski definition) is 0. The highest BCUT2D eigenvalue weighted by Gasteiger charge is 2.46. The molecule has 0 spiro atoms. The van der Waals surface area contributed by atoms with Crippen LogP contribution in [-0.2, 0) is 5.41 Å². The molecule has 6 heteroatoms. The van der Waals surface area contributed by atoms with Gasteiger partial charge >= 0.3 is 0 Å². The maximum atomic E-state index is 4.45. The van der Waals surface area contributed by atoms with Gasteiger partial charge in [0.1, 0.15) is 12.7 Å². The minimum absolute atomic E-state index is 0.539. The Labute approximate surface area is 417 Å². The van der Waals surface area contributed by atoms with Crippen LogP contribution >= 0.6 is 0 Å². The third kappa shape index (κ3) is 6.54. The lowest BCUT2D eigenvalue weighted by molar-refractivity contribution is 0.768. The van der Waals surface area contributed by atoms with Crippen LogP contribution in [0.5, 0.6) is 0 Å². The van der Waals surface area contributed by atoms with Crippen molar-refractivity contribution in [3.63, 3.8) is 0 Å². The second-order valence-corrected chi connectivity index (χ2v) is 18.5. The third-order valence-corrected chi connectivity index (χ3v) is 14.7. The lowest BCUT2D eigenvalue weighted by atomic mass is 9.67. The van der Waals surface area contributed by atoms with E-state index in [0.29, 0.717) is 5.82 Å². The second kappa shape index (κ2) is 16.8. The van der Waals surface area contributed by atoms with Gasteiger partial charge in [-0.25, -0.2) is 15.0 Å². The number of nitrogens with zero attached hydrogens (tertiary/aromatic N) is 6. The molecular weight excluding hydrogens is 877 g/mol. The van der Waals surface area contributed by atoms with E-state index in [-0.39, 0.29) is 0 Å². The van der Waals surface area contributed by atoms with E-state index < -0.39 is 5.41 Å². The topological polar surface area (TPSA) is 51.8 Å². The molecule has 338 valence electrons. The molecule has 0 radical (unpaired) electrons. The number of para-hydroxylation sites is 2. The van der Waals surface area contributed by atoms with Crippen molar-refractivity contribution in [2.24, 2.45) is 0 Å². The summed E-state index contributed by atoms with van der Waals surface area (Å²) in [6.45, 7) is 0. The van der Waals surface area contributed by atoms with Crippen LogP contribution in [0.4, 0.5) is 17.1 Å². The molecule has 0 bridgehead atoms. The summed E-state index contributed by atoms with van der Waals surface area (Å²) in [5.74, 6) is 0.636. The quantitative estimate of drug-likeness (QED) is 0.145. The average Bonchev–Trinajstić information content (AvgIpc) is 4.12. The fraction of sp³-hybridized carbons (Fsp3) is 0.0152. The van der Waals surface area contributed by atoms with E-state index in [2.05, 4.69) is 284 Å². The SMILES string of the molecule is c1ccc(-n2ccc3cc4c5cc(-c6ccc(N(c7ccc(-c8ncncn8)cc7)c7ccc8c(c7)C(c7ccccc7)(c7ccccc7)c7ccccc7-8)cc6)ccc5n(-c5ccccc5)c4cc32)cc1. The van der Waals surface area contributed by atoms with Crippen molar-refractivity contribution in [2.45, 2.75) is 5.41 Å². The standard InChI is InChI=1S/C66H44N6/c1-5-15-49(16-6-1)66(50-17-7-2-8-18-50)60-24-14-13-23-56(60)57-35-34-55(41-61(57)66)71(54-32-27-46(28-33-54)65-68-43-67-44-69-65)53-30-25-45(26-31-53)47-29-36-62-58(39-47)59-40-48-37-38-70(51-19-9-3-10-20-51)63(48)42-64(59)72(62)52-21-11-4-12-22-52/h1-44H. The van der Waals surface area contributed by atoms with Crippen LogP contribution in [0.1, 0.15) is 22.3 Å². The normalized spacial score (nSPS) is 12.6. The van der Waals surface area contributed by atoms with Crippen LogP contribution in [0, 0.1) is 0 Å². The molecule has 0 fully saturated rings. The number of anilines is 3. The van der Waals surface area contributed by atoms with Crippen molar-refractivity contribution < 1.29 is 0 Å². The summed E-state index contributed by atoms with van der Waals surface area (Å²) in [6, 6.07) is 90.6. The Morgan fingerprint density at radius 1 is 0.375 bits per heavy atom. The number of fused-ring (bicyclic) bond motifs is 7. The molecule has 72 heavy (non-hydrogen) atoms. The van der Waals surface area contributed by atoms with Crippen molar-refractivity contribution in [1.29, 1.82) is 0 Å². The van der Waals surface area contributed by atoms with Crippen LogP contribution in [0.15, 0.2) is 268 Å². The Kier molecular flexibility index (Phi) is 9.64. The summed E-state index contributed by atoms with van der Waals surface area (Å²) in [6.07, 6.45) is 5.26. The predicted octanol–water partition coefficient (Wildman–Crippen LogP) is 16.1. The van der Waals surface area contributed by atoms with Gasteiger partial charge in [-0.1, -0.05) is 146 Å². The van der Waals surface area contributed by atoms with E-state index in [4.69, 9.17) is 0 Å². The Morgan fingerprint density at radius 2 is 0.931 bits per heavy atom.